The van der Waals surface area contributed by atoms with Gasteiger partial charge < -0.3 is 10.4 Å². The van der Waals surface area contributed by atoms with Gasteiger partial charge >= 0.3 is 5.97 Å². The Labute approximate surface area is 79.5 Å². The van der Waals surface area contributed by atoms with Gasteiger partial charge in [0.05, 0.1) is 0 Å². The summed E-state index contributed by atoms with van der Waals surface area (Å²) in [6, 6.07) is -0.324. The molecule has 3 unspecified atom stereocenters. The molecule has 76 valence electrons. The maximum atomic E-state index is 10.8. The van der Waals surface area contributed by atoms with Gasteiger partial charge in [-0.2, -0.15) is 0 Å². The maximum absolute atomic E-state index is 10.8. The Bertz CT molecular complexity index is 182. The van der Waals surface area contributed by atoms with Crippen molar-refractivity contribution in [2.75, 3.05) is 6.54 Å². The highest BCUT2D eigenvalue weighted by Gasteiger charge is 2.27. The SMILES string of the molecule is CCC1CC(C(=O)O)NCCC1C. The van der Waals surface area contributed by atoms with Crippen molar-refractivity contribution in [3.8, 4) is 0 Å². The van der Waals surface area contributed by atoms with E-state index in [-0.39, 0.29) is 6.04 Å². The van der Waals surface area contributed by atoms with Gasteiger partial charge in [-0.1, -0.05) is 20.3 Å². The van der Waals surface area contributed by atoms with E-state index < -0.39 is 5.97 Å². The van der Waals surface area contributed by atoms with Crippen LogP contribution in [0.1, 0.15) is 33.1 Å². The molecule has 0 aromatic rings. The summed E-state index contributed by atoms with van der Waals surface area (Å²) in [5.41, 5.74) is 0. The van der Waals surface area contributed by atoms with Crippen LogP contribution in [0.5, 0.6) is 0 Å². The lowest BCUT2D eigenvalue weighted by atomic mass is 9.86. The largest absolute Gasteiger partial charge is 0.480 e. The van der Waals surface area contributed by atoms with Crippen LogP contribution in [0.25, 0.3) is 0 Å². The molecule has 1 aliphatic heterocycles. The number of carbonyl (C=O) groups is 1. The molecule has 3 atom stereocenters. The van der Waals surface area contributed by atoms with Crippen molar-refractivity contribution >= 4 is 5.97 Å². The summed E-state index contributed by atoms with van der Waals surface area (Å²) >= 11 is 0. The van der Waals surface area contributed by atoms with Gasteiger partial charge in [0.2, 0.25) is 0 Å². The van der Waals surface area contributed by atoms with Gasteiger partial charge in [-0.05, 0) is 31.2 Å². The minimum absolute atomic E-state index is 0.324. The van der Waals surface area contributed by atoms with E-state index in [0.29, 0.717) is 11.8 Å². The molecule has 13 heavy (non-hydrogen) atoms. The molecule has 0 bridgehead atoms. The molecular weight excluding hydrogens is 166 g/mol. The van der Waals surface area contributed by atoms with Crippen LogP contribution in [0, 0.1) is 11.8 Å². The summed E-state index contributed by atoms with van der Waals surface area (Å²) in [6.45, 7) is 5.21. The second kappa shape index (κ2) is 4.61. The predicted octanol–water partition coefficient (Wildman–Crippen LogP) is 1.49. The first-order valence-electron chi connectivity index (χ1n) is 5.11. The van der Waals surface area contributed by atoms with Gasteiger partial charge in [-0.3, -0.25) is 4.79 Å². The summed E-state index contributed by atoms with van der Waals surface area (Å²) < 4.78 is 0. The van der Waals surface area contributed by atoms with E-state index in [2.05, 4.69) is 19.2 Å². The third-order valence-corrected chi connectivity index (χ3v) is 3.16. The van der Waals surface area contributed by atoms with E-state index in [1.165, 1.54) is 0 Å². The highest BCUT2D eigenvalue weighted by Crippen LogP contribution is 2.26. The topological polar surface area (TPSA) is 49.3 Å². The van der Waals surface area contributed by atoms with Crippen LogP contribution >= 0.6 is 0 Å². The van der Waals surface area contributed by atoms with Gasteiger partial charge in [0.15, 0.2) is 0 Å². The molecular formula is C10H19NO2. The van der Waals surface area contributed by atoms with Crippen LogP contribution in [0.4, 0.5) is 0 Å². The molecule has 2 N–H and O–H groups in total. The van der Waals surface area contributed by atoms with Crippen LogP contribution in [0.15, 0.2) is 0 Å². The Morgan fingerprint density at radius 2 is 2.31 bits per heavy atom. The van der Waals surface area contributed by atoms with Crippen LogP contribution in [0.2, 0.25) is 0 Å². The van der Waals surface area contributed by atoms with Crippen LogP contribution in [-0.4, -0.2) is 23.7 Å². The molecule has 1 saturated heterocycles. The minimum atomic E-state index is -0.701. The van der Waals surface area contributed by atoms with Gasteiger partial charge in [-0.15, -0.1) is 0 Å². The van der Waals surface area contributed by atoms with Crippen LogP contribution < -0.4 is 5.32 Å². The predicted molar refractivity (Wildman–Crippen MR) is 51.6 cm³/mol. The highest BCUT2D eigenvalue weighted by atomic mass is 16.4. The Morgan fingerprint density at radius 3 is 2.85 bits per heavy atom. The minimum Gasteiger partial charge on any atom is -0.480 e. The number of hydrogen-bond donors (Lipinski definition) is 2. The summed E-state index contributed by atoms with van der Waals surface area (Å²) in [5, 5.41) is 12.0. The number of carboxylic acid groups (broad SMARTS) is 1. The first-order valence-corrected chi connectivity index (χ1v) is 5.11. The zero-order chi connectivity index (χ0) is 9.84. The van der Waals surface area contributed by atoms with Crippen molar-refractivity contribution in [1.29, 1.82) is 0 Å². The first kappa shape index (κ1) is 10.5. The molecule has 0 aromatic carbocycles. The van der Waals surface area contributed by atoms with Crippen molar-refractivity contribution in [2.45, 2.75) is 39.2 Å². The average molecular weight is 185 g/mol. The molecule has 0 aromatic heterocycles. The Kier molecular flexibility index (Phi) is 3.72. The van der Waals surface area contributed by atoms with Crippen molar-refractivity contribution in [1.82, 2.24) is 5.32 Å². The number of carboxylic acids is 1. The maximum Gasteiger partial charge on any atom is 0.320 e. The summed E-state index contributed by atoms with van der Waals surface area (Å²) in [7, 11) is 0. The van der Waals surface area contributed by atoms with Gasteiger partial charge in [0.1, 0.15) is 6.04 Å². The lowest BCUT2D eigenvalue weighted by molar-refractivity contribution is -0.139. The molecule has 3 nitrogen and oxygen atoms in total. The quantitative estimate of drug-likeness (QED) is 0.685. The molecule has 1 fully saturated rings. The van der Waals surface area contributed by atoms with Crippen molar-refractivity contribution in [3.05, 3.63) is 0 Å². The molecule has 0 radical (unpaired) electrons. The fraction of sp³-hybridized carbons (Fsp3) is 0.900. The van der Waals surface area contributed by atoms with E-state index in [1.807, 2.05) is 0 Å². The summed E-state index contributed by atoms with van der Waals surface area (Å²) in [4.78, 5) is 10.8. The van der Waals surface area contributed by atoms with E-state index in [0.717, 1.165) is 25.8 Å². The van der Waals surface area contributed by atoms with Crippen molar-refractivity contribution < 1.29 is 9.90 Å². The van der Waals surface area contributed by atoms with Gasteiger partial charge in [0, 0.05) is 0 Å². The Hall–Kier alpha value is -0.570. The Morgan fingerprint density at radius 1 is 1.62 bits per heavy atom. The van der Waals surface area contributed by atoms with E-state index in [9.17, 15) is 4.79 Å². The highest BCUT2D eigenvalue weighted by molar-refractivity contribution is 5.73. The third kappa shape index (κ3) is 2.69. The fourth-order valence-corrected chi connectivity index (χ4v) is 2.10. The van der Waals surface area contributed by atoms with Crippen molar-refractivity contribution in [3.63, 3.8) is 0 Å². The Balaban J connectivity index is 2.58. The molecule has 0 amide bonds. The molecule has 3 heteroatoms. The lowest BCUT2D eigenvalue weighted by Gasteiger charge is -2.20. The monoisotopic (exact) mass is 185 g/mol. The summed E-state index contributed by atoms with van der Waals surface area (Å²) in [5.74, 6) is 0.519. The standard InChI is InChI=1S/C10H19NO2/c1-3-8-6-9(10(12)13)11-5-4-7(8)2/h7-9,11H,3-6H2,1-2H3,(H,12,13). The number of hydrogen-bond acceptors (Lipinski definition) is 2. The van der Waals surface area contributed by atoms with Crippen LogP contribution in [0.3, 0.4) is 0 Å². The van der Waals surface area contributed by atoms with Gasteiger partial charge in [-0.25, -0.2) is 0 Å². The zero-order valence-electron chi connectivity index (χ0n) is 8.42. The molecule has 1 heterocycles. The molecule has 1 aliphatic rings. The van der Waals surface area contributed by atoms with Crippen LogP contribution in [-0.2, 0) is 4.79 Å². The first-order chi connectivity index (χ1) is 6.15. The number of nitrogens with one attached hydrogen (secondary N) is 1. The summed E-state index contributed by atoms with van der Waals surface area (Å²) in [6.07, 6.45) is 2.97. The number of aliphatic carboxylic acids is 1. The smallest absolute Gasteiger partial charge is 0.320 e. The molecule has 0 spiro atoms. The van der Waals surface area contributed by atoms with E-state index >= 15 is 0 Å². The van der Waals surface area contributed by atoms with Gasteiger partial charge in [0.25, 0.3) is 0 Å². The number of rotatable bonds is 2. The lowest BCUT2D eigenvalue weighted by Crippen LogP contribution is -2.36. The second-order valence-corrected chi connectivity index (χ2v) is 4.01. The van der Waals surface area contributed by atoms with E-state index in [4.69, 9.17) is 5.11 Å². The van der Waals surface area contributed by atoms with Crippen molar-refractivity contribution in [2.24, 2.45) is 11.8 Å². The second-order valence-electron chi connectivity index (χ2n) is 4.01. The fourth-order valence-electron chi connectivity index (χ4n) is 2.10. The van der Waals surface area contributed by atoms with E-state index in [1.54, 1.807) is 0 Å². The molecule has 0 saturated carbocycles. The normalized spacial score (nSPS) is 35.4. The molecule has 0 aliphatic carbocycles. The molecule has 1 rings (SSSR count). The zero-order valence-corrected chi connectivity index (χ0v) is 8.42. The average Bonchev–Trinajstić information content (AvgIpc) is 2.27. The third-order valence-electron chi connectivity index (χ3n) is 3.16.